The quantitative estimate of drug-likeness (QED) is 0.721. The van der Waals surface area contributed by atoms with Crippen molar-refractivity contribution in [2.24, 2.45) is 0 Å². The molecule has 4 heteroatoms. The van der Waals surface area contributed by atoms with Crippen LogP contribution >= 0.6 is 15.9 Å². The Kier molecular flexibility index (Phi) is 2.42. The largest absolute Gasteiger partial charge is 0.454 e. The summed E-state index contributed by atoms with van der Waals surface area (Å²) in [5, 5.41) is 8.39. The van der Waals surface area contributed by atoms with Crippen molar-refractivity contribution in [1.29, 1.82) is 5.26 Å². The molecule has 0 atom stereocenters. The normalized spacial score (nSPS) is 13.1. The molecule has 0 N–H and O–H groups in total. The average Bonchev–Trinajstić information content (AvgIpc) is 2.63. The lowest BCUT2D eigenvalue weighted by Gasteiger charge is -2.00. The van der Waals surface area contributed by atoms with E-state index in [1.54, 1.807) is 6.08 Å². The van der Waals surface area contributed by atoms with Crippen LogP contribution in [0.3, 0.4) is 0 Å². The number of hydrogen-bond donors (Lipinski definition) is 0. The molecule has 0 bridgehead atoms. The minimum absolute atomic E-state index is 0.249. The summed E-state index contributed by atoms with van der Waals surface area (Å²) in [7, 11) is 0. The summed E-state index contributed by atoms with van der Waals surface area (Å²) in [5.41, 5.74) is 0.905. The Morgan fingerprint density at radius 3 is 3.07 bits per heavy atom. The Balaban J connectivity index is 2.43. The van der Waals surface area contributed by atoms with Crippen molar-refractivity contribution < 1.29 is 9.47 Å². The fourth-order valence-corrected chi connectivity index (χ4v) is 1.79. The first-order valence-corrected chi connectivity index (χ1v) is 4.76. The Bertz CT molecular complexity index is 434. The molecule has 0 aromatic heterocycles. The molecule has 0 saturated heterocycles. The van der Waals surface area contributed by atoms with E-state index in [1.165, 1.54) is 6.08 Å². The Labute approximate surface area is 89.7 Å². The van der Waals surface area contributed by atoms with E-state index in [0.717, 1.165) is 15.8 Å². The van der Waals surface area contributed by atoms with Gasteiger partial charge in [-0.2, -0.15) is 5.26 Å². The van der Waals surface area contributed by atoms with Crippen LogP contribution in [0.25, 0.3) is 6.08 Å². The SMILES string of the molecule is N#CC=Cc1cc(Br)c2c(c1)OCO2. The van der Waals surface area contributed by atoms with Crippen LogP contribution in [-0.4, -0.2) is 6.79 Å². The fourth-order valence-electron chi connectivity index (χ4n) is 1.22. The molecule has 0 fully saturated rings. The van der Waals surface area contributed by atoms with Gasteiger partial charge >= 0.3 is 0 Å². The molecule has 0 saturated carbocycles. The summed E-state index contributed by atoms with van der Waals surface area (Å²) >= 11 is 3.37. The standard InChI is InChI=1S/C10H6BrNO2/c11-8-4-7(2-1-3-12)5-9-10(8)14-6-13-9/h1-2,4-5H,6H2. The summed E-state index contributed by atoms with van der Waals surface area (Å²) < 4.78 is 11.3. The van der Waals surface area contributed by atoms with E-state index in [0.29, 0.717) is 5.75 Å². The van der Waals surface area contributed by atoms with Crippen molar-refractivity contribution in [3.63, 3.8) is 0 Å². The summed E-state index contributed by atoms with van der Waals surface area (Å²) in [6, 6.07) is 5.65. The van der Waals surface area contributed by atoms with Gasteiger partial charge in [0.15, 0.2) is 11.5 Å². The van der Waals surface area contributed by atoms with Gasteiger partial charge < -0.3 is 9.47 Å². The average molecular weight is 252 g/mol. The lowest BCUT2D eigenvalue weighted by atomic mass is 10.2. The predicted molar refractivity (Wildman–Crippen MR) is 54.9 cm³/mol. The molecule has 0 amide bonds. The molecule has 1 aromatic carbocycles. The minimum atomic E-state index is 0.249. The van der Waals surface area contributed by atoms with E-state index >= 15 is 0 Å². The van der Waals surface area contributed by atoms with E-state index in [-0.39, 0.29) is 6.79 Å². The van der Waals surface area contributed by atoms with Crippen molar-refractivity contribution >= 4 is 22.0 Å². The van der Waals surface area contributed by atoms with Crippen LogP contribution in [0.2, 0.25) is 0 Å². The third-order valence-electron chi connectivity index (χ3n) is 1.80. The molecule has 0 radical (unpaired) electrons. The second-order valence-electron chi connectivity index (χ2n) is 2.70. The number of allylic oxidation sites excluding steroid dienone is 1. The lowest BCUT2D eigenvalue weighted by Crippen LogP contribution is -1.93. The van der Waals surface area contributed by atoms with Gasteiger partial charge in [-0.1, -0.05) is 0 Å². The zero-order valence-corrected chi connectivity index (χ0v) is 8.74. The van der Waals surface area contributed by atoms with Gasteiger partial charge in [-0.25, -0.2) is 0 Å². The van der Waals surface area contributed by atoms with Gasteiger partial charge in [0.2, 0.25) is 6.79 Å². The summed E-state index contributed by atoms with van der Waals surface area (Å²) in [4.78, 5) is 0. The number of benzene rings is 1. The molecule has 2 rings (SSSR count). The van der Waals surface area contributed by atoms with Crippen LogP contribution in [0.5, 0.6) is 11.5 Å². The molecule has 3 nitrogen and oxygen atoms in total. The summed E-state index contributed by atoms with van der Waals surface area (Å²) in [6.07, 6.45) is 3.14. The van der Waals surface area contributed by atoms with Gasteiger partial charge in [0.1, 0.15) is 0 Å². The van der Waals surface area contributed by atoms with Gasteiger partial charge in [0, 0.05) is 6.08 Å². The zero-order chi connectivity index (χ0) is 9.97. The first kappa shape index (κ1) is 9.10. The second kappa shape index (κ2) is 3.72. The molecule has 1 aromatic rings. The van der Waals surface area contributed by atoms with Gasteiger partial charge in [-0.05, 0) is 39.7 Å². The van der Waals surface area contributed by atoms with Crippen LogP contribution in [0.15, 0.2) is 22.7 Å². The number of nitriles is 1. The molecule has 70 valence electrons. The highest BCUT2D eigenvalue weighted by Gasteiger charge is 2.16. The molecule has 0 spiro atoms. The van der Waals surface area contributed by atoms with Crippen LogP contribution in [0.4, 0.5) is 0 Å². The zero-order valence-electron chi connectivity index (χ0n) is 7.16. The number of ether oxygens (including phenoxy) is 2. The highest BCUT2D eigenvalue weighted by molar-refractivity contribution is 9.10. The Morgan fingerprint density at radius 1 is 1.43 bits per heavy atom. The van der Waals surface area contributed by atoms with Gasteiger partial charge in [0.25, 0.3) is 0 Å². The minimum Gasteiger partial charge on any atom is -0.454 e. The van der Waals surface area contributed by atoms with Crippen molar-refractivity contribution in [1.82, 2.24) is 0 Å². The van der Waals surface area contributed by atoms with E-state index in [2.05, 4.69) is 15.9 Å². The number of halogens is 1. The predicted octanol–water partition coefficient (Wildman–Crippen LogP) is 2.71. The maximum atomic E-state index is 8.39. The lowest BCUT2D eigenvalue weighted by molar-refractivity contribution is 0.173. The molecule has 1 aliphatic heterocycles. The highest BCUT2D eigenvalue weighted by atomic mass is 79.9. The molecule has 1 heterocycles. The summed E-state index contributed by atoms with van der Waals surface area (Å²) in [5.74, 6) is 1.43. The van der Waals surface area contributed by atoms with E-state index < -0.39 is 0 Å². The van der Waals surface area contributed by atoms with E-state index in [1.807, 2.05) is 18.2 Å². The van der Waals surface area contributed by atoms with Gasteiger partial charge in [-0.3, -0.25) is 0 Å². The molecule has 0 aliphatic carbocycles. The third-order valence-corrected chi connectivity index (χ3v) is 2.39. The van der Waals surface area contributed by atoms with Gasteiger partial charge in [-0.15, -0.1) is 0 Å². The van der Waals surface area contributed by atoms with Crippen molar-refractivity contribution in [3.05, 3.63) is 28.2 Å². The topological polar surface area (TPSA) is 42.2 Å². The third kappa shape index (κ3) is 1.59. The maximum absolute atomic E-state index is 8.39. The van der Waals surface area contributed by atoms with Crippen molar-refractivity contribution in [2.75, 3.05) is 6.79 Å². The Morgan fingerprint density at radius 2 is 2.29 bits per heavy atom. The van der Waals surface area contributed by atoms with Crippen molar-refractivity contribution in [3.8, 4) is 17.6 Å². The highest BCUT2D eigenvalue weighted by Crippen LogP contribution is 2.40. The maximum Gasteiger partial charge on any atom is 0.231 e. The van der Waals surface area contributed by atoms with Crippen LogP contribution < -0.4 is 9.47 Å². The second-order valence-corrected chi connectivity index (χ2v) is 3.55. The van der Waals surface area contributed by atoms with Crippen LogP contribution in [0, 0.1) is 11.3 Å². The van der Waals surface area contributed by atoms with Gasteiger partial charge in [0.05, 0.1) is 10.5 Å². The fraction of sp³-hybridized carbons (Fsp3) is 0.100. The number of hydrogen-bond acceptors (Lipinski definition) is 3. The molecule has 0 unspecified atom stereocenters. The van der Waals surface area contributed by atoms with Crippen molar-refractivity contribution in [2.45, 2.75) is 0 Å². The number of nitrogens with zero attached hydrogens (tertiary/aromatic N) is 1. The molecule has 14 heavy (non-hydrogen) atoms. The molecular formula is C10H6BrNO2. The first-order chi connectivity index (χ1) is 6.81. The van der Waals surface area contributed by atoms with Crippen LogP contribution in [-0.2, 0) is 0 Å². The summed E-state index contributed by atoms with van der Waals surface area (Å²) in [6.45, 7) is 0.249. The van der Waals surface area contributed by atoms with Crippen LogP contribution in [0.1, 0.15) is 5.56 Å². The smallest absolute Gasteiger partial charge is 0.231 e. The van der Waals surface area contributed by atoms with E-state index in [4.69, 9.17) is 14.7 Å². The Hall–Kier alpha value is -1.47. The number of rotatable bonds is 1. The monoisotopic (exact) mass is 251 g/mol. The van der Waals surface area contributed by atoms with E-state index in [9.17, 15) is 0 Å². The number of fused-ring (bicyclic) bond motifs is 1. The first-order valence-electron chi connectivity index (χ1n) is 3.96. The molecule has 1 aliphatic rings. The molecular weight excluding hydrogens is 246 g/mol.